The Labute approximate surface area is 273 Å². The first-order valence-corrected chi connectivity index (χ1v) is 12.5. The van der Waals surface area contributed by atoms with E-state index in [1.807, 2.05) is 49.9 Å². The van der Waals surface area contributed by atoms with Gasteiger partial charge in [0.1, 0.15) is 0 Å². The number of rotatable bonds is 12. The van der Waals surface area contributed by atoms with Crippen LogP contribution < -0.4 is 56.7 Å². The molecule has 1 aliphatic carbocycles. The molecule has 0 bridgehead atoms. The summed E-state index contributed by atoms with van der Waals surface area (Å²) in [5.74, 6) is -0.959. The maximum absolute atomic E-state index is 11.5. The summed E-state index contributed by atoms with van der Waals surface area (Å²) in [6.45, 7) is 16.4. The molecular weight excluding hydrogens is 495 g/mol. The number of allylic oxidation sites excluding steroid dienone is 11. The Morgan fingerprint density at radius 2 is 1.97 bits per heavy atom. The van der Waals surface area contributed by atoms with Gasteiger partial charge >= 0.3 is 57.4 Å². The van der Waals surface area contributed by atoms with Gasteiger partial charge in [-0.15, -0.1) is 41.4 Å². The van der Waals surface area contributed by atoms with E-state index in [1.165, 1.54) is 0 Å². The van der Waals surface area contributed by atoms with Gasteiger partial charge in [-0.05, 0) is 51.1 Å². The third-order valence-corrected chi connectivity index (χ3v) is 5.74. The normalized spacial score (nSPS) is 15.2. The zero-order chi connectivity index (χ0) is 26.5. The van der Waals surface area contributed by atoms with Crippen LogP contribution in [0.15, 0.2) is 100 Å². The van der Waals surface area contributed by atoms with E-state index in [9.17, 15) is 9.90 Å². The number of carboxylic acid groups (broad SMARTS) is 1. The summed E-state index contributed by atoms with van der Waals surface area (Å²) in [5, 5.41) is 12.9. The number of nitrogens with one attached hydrogen (secondary N) is 1. The first kappa shape index (κ1) is 35.8. The maximum atomic E-state index is 11.5. The van der Waals surface area contributed by atoms with Gasteiger partial charge in [0.2, 0.25) is 0 Å². The SMILES string of the molecule is [CH-]=C(/C=C1C=C(/C(C)=C(/N/C=C\CCC)c2cccc(C)n2)C=C[CH-]/1)/C(=C/C(=C\C)C(=O)O)CCC.[CH3-].[K+]. The summed E-state index contributed by atoms with van der Waals surface area (Å²) in [5.41, 5.74) is 7.47. The van der Waals surface area contributed by atoms with Crippen LogP contribution in [0.25, 0.3) is 5.70 Å². The van der Waals surface area contributed by atoms with Crippen LogP contribution in [-0.2, 0) is 4.79 Å². The fourth-order valence-corrected chi connectivity index (χ4v) is 3.75. The molecule has 198 valence electrons. The Morgan fingerprint density at radius 3 is 2.58 bits per heavy atom. The topological polar surface area (TPSA) is 62.2 Å². The van der Waals surface area contributed by atoms with Crippen molar-refractivity contribution in [1.29, 1.82) is 0 Å². The number of carboxylic acids is 1. The molecule has 0 spiro atoms. The number of aryl methyl sites for hydroxylation is 1. The molecule has 0 aliphatic heterocycles. The first-order chi connectivity index (χ1) is 17.3. The minimum atomic E-state index is -0.959. The zero-order valence-electron chi connectivity index (χ0n) is 24.1. The van der Waals surface area contributed by atoms with Crippen LogP contribution >= 0.6 is 0 Å². The molecule has 0 atom stereocenters. The summed E-state index contributed by atoms with van der Waals surface area (Å²) < 4.78 is 0. The number of nitrogens with zero attached hydrogens (tertiary/aromatic N) is 1. The first-order valence-electron chi connectivity index (χ1n) is 12.5. The zero-order valence-corrected chi connectivity index (χ0v) is 27.3. The molecule has 0 saturated carbocycles. The van der Waals surface area contributed by atoms with Crippen LogP contribution in [0.3, 0.4) is 0 Å². The second kappa shape index (κ2) is 19.0. The number of carbonyl (C=O) groups is 1. The van der Waals surface area contributed by atoms with Crippen LogP contribution in [0.5, 0.6) is 0 Å². The average molecular weight is 537 g/mol. The second-order valence-electron chi connectivity index (χ2n) is 8.69. The number of pyridine rings is 1. The van der Waals surface area contributed by atoms with Crippen molar-refractivity contribution in [3.8, 4) is 0 Å². The standard InChI is InChI=1S/C32H38N2O2.CH3.K/c1-7-10-11-19-33-31(30-18-12-15-24(5)34-30)25(6)29-17-13-16-26(21-29)20-23(4)28(14-8-2)22-27(9-3)32(35)36;;/h4,9,11-13,15-22,33H,7-8,10,14H2,1-3,5-6H3,(H,35,36);1H3;/q-2;-1;+1/b19-11-,26-20+,27-9+,28-22+,31-25+;;. The molecule has 0 unspecified atom stereocenters. The van der Waals surface area contributed by atoms with Crippen molar-refractivity contribution in [2.75, 3.05) is 0 Å². The van der Waals surface area contributed by atoms with Crippen molar-refractivity contribution < 1.29 is 61.3 Å². The number of hydrogen-bond acceptors (Lipinski definition) is 3. The summed E-state index contributed by atoms with van der Waals surface area (Å²) in [6.07, 6.45) is 21.1. The van der Waals surface area contributed by atoms with Crippen molar-refractivity contribution in [2.45, 2.75) is 60.3 Å². The number of hydrogen-bond donors (Lipinski definition) is 2. The summed E-state index contributed by atoms with van der Waals surface area (Å²) >= 11 is 0. The monoisotopic (exact) mass is 536 g/mol. The minimum absolute atomic E-state index is 0. The van der Waals surface area contributed by atoms with Crippen LogP contribution in [0, 0.1) is 27.4 Å². The molecule has 0 amide bonds. The van der Waals surface area contributed by atoms with E-state index in [1.54, 1.807) is 19.1 Å². The Kier molecular flexibility index (Phi) is 17.9. The molecule has 0 fully saturated rings. The fraction of sp³-hybridized carbons (Fsp3) is 0.273. The Morgan fingerprint density at radius 1 is 1.24 bits per heavy atom. The Bertz CT molecular complexity index is 1180. The summed E-state index contributed by atoms with van der Waals surface area (Å²) in [4.78, 5) is 16.2. The van der Waals surface area contributed by atoms with Gasteiger partial charge in [0.15, 0.2) is 0 Å². The van der Waals surface area contributed by atoms with Gasteiger partial charge in [0.05, 0.1) is 11.4 Å². The predicted octanol–water partition coefficient (Wildman–Crippen LogP) is 5.22. The molecular formula is C33H41KN2O2-2. The molecule has 2 rings (SSSR count). The fourth-order valence-electron chi connectivity index (χ4n) is 3.75. The average Bonchev–Trinajstić information content (AvgIpc) is 2.86. The predicted molar refractivity (Wildman–Crippen MR) is 157 cm³/mol. The molecule has 5 heteroatoms. The van der Waals surface area contributed by atoms with E-state index in [-0.39, 0.29) is 64.4 Å². The molecule has 0 saturated heterocycles. The quantitative estimate of drug-likeness (QED) is 0.166. The van der Waals surface area contributed by atoms with E-state index < -0.39 is 5.97 Å². The van der Waals surface area contributed by atoms with Gasteiger partial charge in [0, 0.05) is 11.3 Å². The molecule has 38 heavy (non-hydrogen) atoms. The van der Waals surface area contributed by atoms with Crippen LogP contribution in [0.4, 0.5) is 0 Å². The van der Waals surface area contributed by atoms with Gasteiger partial charge < -0.3 is 17.8 Å². The minimum Gasteiger partial charge on any atom is -0.478 e. The van der Waals surface area contributed by atoms with E-state index >= 15 is 0 Å². The van der Waals surface area contributed by atoms with E-state index in [4.69, 9.17) is 11.6 Å². The largest absolute Gasteiger partial charge is 1.00 e. The van der Waals surface area contributed by atoms with E-state index in [0.29, 0.717) is 12.0 Å². The number of unbranched alkanes of at least 4 members (excludes halogenated alkanes) is 1. The second-order valence-corrected chi connectivity index (χ2v) is 8.69. The Hall–Kier alpha value is -2.15. The van der Waals surface area contributed by atoms with Crippen molar-refractivity contribution in [3.63, 3.8) is 0 Å². The van der Waals surface area contributed by atoms with Crippen LogP contribution in [0.1, 0.15) is 64.8 Å². The van der Waals surface area contributed by atoms with Gasteiger partial charge in [-0.2, -0.15) is 11.6 Å². The summed E-state index contributed by atoms with van der Waals surface area (Å²) in [6, 6.07) is 6.01. The van der Waals surface area contributed by atoms with Gasteiger partial charge in [-0.1, -0.05) is 57.4 Å². The van der Waals surface area contributed by atoms with Gasteiger partial charge in [-0.25, -0.2) is 11.4 Å². The maximum Gasteiger partial charge on any atom is 1.00 e. The summed E-state index contributed by atoms with van der Waals surface area (Å²) in [7, 11) is 0. The van der Waals surface area contributed by atoms with Crippen LogP contribution in [0.2, 0.25) is 0 Å². The van der Waals surface area contributed by atoms with Gasteiger partial charge in [0.25, 0.3) is 0 Å². The molecule has 0 aromatic carbocycles. The van der Waals surface area contributed by atoms with Gasteiger partial charge in [-0.3, -0.25) is 4.98 Å². The van der Waals surface area contributed by atoms with Crippen molar-refractivity contribution in [3.05, 3.63) is 132 Å². The van der Waals surface area contributed by atoms with E-state index in [0.717, 1.165) is 58.6 Å². The Balaban J connectivity index is 0.00000684. The van der Waals surface area contributed by atoms with Crippen molar-refractivity contribution >= 4 is 11.7 Å². The third-order valence-electron chi connectivity index (χ3n) is 5.74. The van der Waals surface area contributed by atoms with Crippen molar-refractivity contribution in [2.24, 2.45) is 0 Å². The van der Waals surface area contributed by atoms with E-state index in [2.05, 4.69) is 44.3 Å². The molecule has 4 nitrogen and oxygen atoms in total. The molecule has 1 heterocycles. The molecule has 1 aromatic heterocycles. The third kappa shape index (κ3) is 11.3. The number of aromatic nitrogens is 1. The smallest absolute Gasteiger partial charge is 0.478 e. The van der Waals surface area contributed by atoms with Crippen molar-refractivity contribution in [1.82, 2.24) is 10.3 Å². The number of aliphatic carboxylic acids is 1. The molecule has 2 N–H and O–H groups in total. The molecule has 1 aliphatic rings. The molecule has 0 radical (unpaired) electrons. The molecule has 1 aromatic rings. The van der Waals surface area contributed by atoms with Crippen LogP contribution in [-0.4, -0.2) is 16.1 Å².